The highest BCUT2D eigenvalue weighted by Gasteiger charge is 2.16. The third kappa shape index (κ3) is 3.80. The first-order valence-corrected chi connectivity index (χ1v) is 8.63. The van der Waals surface area contributed by atoms with Gasteiger partial charge in [-0.3, -0.25) is 4.72 Å². The maximum atomic E-state index is 12.2. The topological polar surface area (TPSA) is 46.2 Å². The predicted octanol–water partition coefficient (Wildman–Crippen LogP) is 5.21. The number of nitrogens with one attached hydrogen (secondary N) is 1. The molecular formula is C12H7BrCl3NO2S. The maximum absolute atomic E-state index is 12.2. The van der Waals surface area contributed by atoms with Crippen LogP contribution >= 0.6 is 50.7 Å². The quantitative estimate of drug-likeness (QED) is 0.748. The smallest absolute Gasteiger partial charge is 0.261 e. The summed E-state index contributed by atoms with van der Waals surface area (Å²) in [6.45, 7) is 0. The molecule has 1 N–H and O–H groups in total. The van der Waals surface area contributed by atoms with Crippen LogP contribution in [0.15, 0.2) is 45.8 Å². The van der Waals surface area contributed by atoms with Gasteiger partial charge in [-0.05, 0) is 52.3 Å². The van der Waals surface area contributed by atoms with Crippen LogP contribution in [0.25, 0.3) is 0 Å². The monoisotopic (exact) mass is 413 g/mol. The normalized spacial score (nSPS) is 11.4. The summed E-state index contributed by atoms with van der Waals surface area (Å²) >= 11 is 20.7. The van der Waals surface area contributed by atoms with Gasteiger partial charge >= 0.3 is 0 Å². The molecule has 0 bridgehead atoms. The molecule has 0 spiro atoms. The minimum atomic E-state index is -3.74. The lowest BCUT2D eigenvalue weighted by atomic mass is 10.3. The Hall–Kier alpha value is -0.460. The number of rotatable bonds is 3. The molecule has 0 heterocycles. The Labute approximate surface area is 140 Å². The van der Waals surface area contributed by atoms with Crippen LogP contribution < -0.4 is 4.72 Å². The van der Waals surface area contributed by atoms with Gasteiger partial charge in [-0.15, -0.1) is 0 Å². The van der Waals surface area contributed by atoms with Gasteiger partial charge in [-0.1, -0.05) is 34.8 Å². The van der Waals surface area contributed by atoms with Gasteiger partial charge in [-0.2, -0.15) is 0 Å². The van der Waals surface area contributed by atoms with Crippen molar-refractivity contribution in [3.63, 3.8) is 0 Å². The van der Waals surface area contributed by atoms with Crippen molar-refractivity contribution in [1.29, 1.82) is 0 Å². The molecular weight excluding hydrogens is 408 g/mol. The van der Waals surface area contributed by atoms with E-state index < -0.39 is 10.0 Å². The standard InChI is InChI=1S/C12H7BrCl3NO2S/c13-11-6-10(1-2-12(11)16)20(18,19)17-9-4-7(14)3-8(15)5-9/h1-6,17H. The summed E-state index contributed by atoms with van der Waals surface area (Å²) in [6.07, 6.45) is 0. The summed E-state index contributed by atoms with van der Waals surface area (Å²) < 4.78 is 27.3. The maximum Gasteiger partial charge on any atom is 0.261 e. The van der Waals surface area contributed by atoms with E-state index in [4.69, 9.17) is 34.8 Å². The first-order valence-electron chi connectivity index (χ1n) is 5.22. The van der Waals surface area contributed by atoms with E-state index in [1.54, 1.807) is 0 Å². The molecule has 0 aliphatic carbocycles. The second-order valence-electron chi connectivity index (χ2n) is 3.84. The summed E-state index contributed by atoms with van der Waals surface area (Å²) in [4.78, 5) is 0.0740. The van der Waals surface area contributed by atoms with Gasteiger partial charge in [-0.25, -0.2) is 8.42 Å². The first-order chi connectivity index (χ1) is 9.28. The van der Waals surface area contributed by atoms with Gasteiger partial charge in [0.2, 0.25) is 0 Å². The van der Waals surface area contributed by atoms with E-state index in [0.29, 0.717) is 19.5 Å². The van der Waals surface area contributed by atoms with E-state index in [2.05, 4.69) is 20.7 Å². The van der Waals surface area contributed by atoms with Gasteiger partial charge in [0.25, 0.3) is 10.0 Å². The molecule has 106 valence electrons. The fraction of sp³-hybridized carbons (Fsp3) is 0. The Balaban J connectivity index is 2.37. The third-order valence-electron chi connectivity index (χ3n) is 2.32. The fourth-order valence-corrected chi connectivity index (χ4v) is 3.71. The molecule has 0 aliphatic heterocycles. The molecule has 2 aromatic rings. The molecule has 0 fully saturated rings. The van der Waals surface area contributed by atoms with E-state index in [1.807, 2.05) is 0 Å². The largest absolute Gasteiger partial charge is 0.280 e. The molecule has 0 saturated heterocycles. The van der Waals surface area contributed by atoms with E-state index in [-0.39, 0.29) is 10.6 Å². The van der Waals surface area contributed by atoms with Crippen LogP contribution in [0.1, 0.15) is 0 Å². The molecule has 20 heavy (non-hydrogen) atoms. The average molecular weight is 416 g/mol. The zero-order chi connectivity index (χ0) is 14.9. The van der Waals surface area contributed by atoms with Crippen molar-refractivity contribution >= 4 is 66.4 Å². The molecule has 0 amide bonds. The molecule has 0 atom stereocenters. The van der Waals surface area contributed by atoms with Crippen LogP contribution in [0.2, 0.25) is 15.1 Å². The molecule has 0 aromatic heterocycles. The summed E-state index contributed by atoms with van der Waals surface area (Å²) in [5.74, 6) is 0. The molecule has 2 aromatic carbocycles. The number of hydrogen-bond acceptors (Lipinski definition) is 2. The van der Waals surface area contributed by atoms with Crippen LogP contribution in [0.4, 0.5) is 5.69 Å². The van der Waals surface area contributed by atoms with Crippen molar-refractivity contribution in [2.24, 2.45) is 0 Å². The first kappa shape index (κ1) is 15.9. The third-order valence-corrected chi connectivity index (χ3v) is 5.35. The number of anilines is 1. The molecule has 0 saturated carbocycles. The average Bonchev–Trinajstić information content (AvgIpc) is 2.30. The van der Waals surface area contributed by atoms with E-state index in [1.165, 1.54) is 36.4 Å². The summed E-state index contributed by atoms with van der Waals surface area (Å²) in [7, 11) is -3.74. The van der Waals surface area contributed by atoms with Crippen molar-refractivity contribution < 1.29 is 8.42 Å². The molecule has 0 aliphatic rings. The van der Waals surface area contributed by atoms with Crippen molar-refractivity contribution in [2.45, 2.75) is 4.90 Å². The lowest BCUT2D eigenvalue weighted by Crippen LogP contribution is -2.12. The molecule has 8 heteroatoms. The second-order valence-corrected chi connectivity index (χ2v) is 7.66. The Kier molecular flexibility index (Phi) is 4.87. The SMILES string of the molecule is O=S(=O)(Nc1cc(Cl)cc(Cl)c1)c1ccc(Cl)c(Br)c1. The lowest BCUT2D eigenvalue weighted by molar-refractivity contribution is 0.601. The molecule has 0 unspecified atom stereocenters. The molecule has 0 radical (unpaired) electrons. The highest BCUT2D eigenvalue weighted by atomic mass is 79.9. The lowest BCUT2D eigenvalue weighted by Gasteiger charge is -2.09. The Morgan fingerprint density at radius 3 is 2.10 bits per heavy atom. The summed E-state index contributed by atoms with van der Waals surface area (Å²) in [5.41, 5.74) is 0.286. The van der Waals surface area contributed by atoms with Gasteiger partial charge < -0.3 is 0 Å². The van der Waals surface area contributed by atoms with Gasteiger partial charge in [0.1, 0.15) is 0 Å². The zero-order valence-electron chi connectivity index (χ0n) is 9.70. The Morgan fingerprint density at radius 2 is 1.55 bits per heavy atom. The number of hydrogen-bond donors (Lipinski definition) is 1. The van der Waals surface area contributed by atoms with Crippen LogP contribution in [0.5, 0.6) is 0 Å². The predicted molar refractivity (Wildman–Crippen MR) is 86.4 cm³/mol. The van der Waals surface area contributed by atoms with Crippen molar-refractivity contribution in [3.05, 3.63) is 55.9 Å². The van der Waals surface area contributed by atoms with E-state index in [0.717, 1.165) is 0 Å². The van der Waals surface area contributed by atoms with Crippen molar-refractivity contribution in [3.8, 4) is 0 Å². The number of benzene rings is 2. The van der Waals surface area contributed by atoms with E-state index >= 15 is 0 Å². The summed E-state index contributed by atoms with van der Waals surface area (Å²) in [6, 6.07) is 8.76. The Bertz CT molecular complexity index is 745. The second kappa shape index (κ2) is 6.12. The van der Waals surface area contributed by atoms with Gasteiger partial charge in [0.05, 0.1) is 15.6 Å². The minimum absolute atomic E-state index is 0.0740. The highest BCUT2D eigenvalue weighted by molar-refractivity contribution is 9.10. The van der Waals surface area contributed by atoms with Gasteiger partial charge in [0, 0.05) is 14.5 Å². The summed E-state index contributed by atoms with van der Waals surface area (Å²) in [5, 5.41) is 1.11. The van der Waals surface area contributed by atoms with Crippen molar-refractivity contribution in [2.75, 3.05) is 4.72 Å². The van der Waals surface area contributed by atoms with E-state index in [9.17, 15) is 8.42 Å². The van der Waals surface area contributed by atoms with Crippen LogP contribution in [0, 0.1) is 0 Å². The molecule has 2 rings (SSSR count). The van der Waals surface area contributed by atoms with Crippen LogP contribution in [-0.2, 0) is 10.0 Å². The minimum Gasteiger partial charge on any atom is -0.280 e. The number of sulfonamides is 1. The fourth-order valence-electron chi connectivity index (χ4n) is 1.47. The number of halogens is 4. The van der Waals surface area contributed by atoms with Crippen molar-refractivity contribution in [1.82, 2.24) is 0 Å². The van der Waals surface area contributed by atoms with Gasteiger partial charge in [0.15, 0.2) is 0 Å². The van der Waals surface area contributed by atoms with Crippen LogP contribution in [0.3, 0.4) is 0 Å². The molecule has 3 nitrogen and oxygen atoms in total. The highest BCUT2D eigenvalue weighted by Crippen LogP contribution is 2.28. The zero-order valence-corrected chi connectivity index (χ0v) is 14.4. The van der Waals surface area contributed by atoms with Crippen LogP contribution in [-0.4, -0.2) is 8.42 Å². The Morgan fingerprint density at radius 1 is 0.950 bits per heavy atom.